The highest BCUT2D eigenvalue weighted by molar-refractivity contribution is 6.88. The van der Waals surface area contributed by atoms with Crippen LogP contribution in [0.1, 0.15) is 55.4 Å². The van der Waals surface area contributed by atoms with Gasteiger partial charge in [0.2, 0.25) is 0 Å². The van der Waals surface area contributed by atoms with Gasteiger partial charge < -0.3 is 34.2 Å². The summed E-state index contributed by atoms with van der Waals surface area (Å²) in [7, 11) is -14.8. The van der Waals surface area contributed by atoms with Gasteiger partial charge in [0.25, 0.3) is 0 Å². The van der Waals surface area contributed by atoms with Gasteiger partial charge in [-0.15, -0.1) is 0 Å². The quantitative estimate of drug-likeness (QED) is 0.213. The van der Waals surface area contributed by atoms with Crippen molar-refractivity contribution < 1.29 is 34.2 Å². The summed E-state index contributed by atoms with van der Waals surface area (Å²) in [6.45, 7) is 31.8. The summed E-state index contributed by atoms with van der Waals surface area (Å²) in [6, 6.07) is 0. The predicted molar refractivity (Wildman–Crippen MR) is 145 cm³/mol. The molecule has 0 aliphatic heterocycles. The molecule has 13 heteroatoms. The maximum Gasteiger partial charge on any atom is 0.643 e. The molecule has 0 atom stereocenters. The fraction of sp³-hybridized carbons (Fsp3) is 1.00. The standard InChI is InChI=1S/C20H52O8Si5/c1-17(2)21-29(9,10)25-33(26-30(11,12)22-18(3)4,27-31(13,14)23-19(5)6)28-32(15,16)24-20(7)8/h17-20H,1-16H3. The third-order valence-corrected chi connectivity index (χ3v) is 19.6. The van der Waals surface area contributed by atoms with Crippen molar-refractivity contribution >= 4 is 43.3 Å². The van der Waals surface area contributed by atoms with E-state index in [9.17, 15) is 0 Å². The van der Waals surface area contributed by atoms with Gasteiger partial charge in [-0.05, 0) is 108 Å². The minimum atomic E-state index is -3.86. The summed E-state index contributed by atoms with van der Waals surface area (Å²) >= 11 is 0. The Bertz CT molecular complexity index is 481. The molecule has 0 heterocycles. The lowest BCUT2D eigenvalue weighted by molar-refractivity contribution is 0.0514. The summed E-state index contributed by atoms with van der Waals surface area (Å²) in [6.07, 6.45) is -0.0375. The Morgan fingerprint density at radius 3 is 0.606 bits per heavy atom. The molecule has 0 saturated carbocycles. The van der Waals surface area contributed by atoms with Crippen LogP contribution in [0.25, 0.3) is 0 Å². The first-order chi connectivity index (χ1) is 14.5. The van der Waals surface area contributed by atoms with Gasteiger partial charge >= 0.3 is 43.3 Å². The van der Waals surface area contributed by atoms with E-state index in [1.54, 1.807) is 0 Å². The third-order valence-electron chi connectivity index (χ3n) is 3.56. The summed E-state index contributed by atoms with van der Waals surface area (Å²) in [5, 5.41) is 0. The molecule has 0 aliphatic rings. The van der Waals surface area contributed by atoms with E-state index < -0.39 is 43.3 Å². The highest BCUT2D eigenvalue weighted by Crippen LogP contribution is 2.32. The van der Waals surface area contributed by atoms with Crippen molar-refractivity contribution in [1.82, 2.24) is 0 Å². The van der Waals surface area contributed by atoms with Gasteiger partial charge in [-0.3, -0.25) is 0 Å². The number of hydrogen-bond acceptors (Lipinski definition) is 8. The highest BCUT2D eigenvalue weighted by atomic mass is 28.6. The van der Waals surface area contributed by atoms with Crippen molar-refractivity contribution in [3.8, 4) is 0 Å². The summed E-state index contributed by atoms with van der Waals surface area (Å²) in [5.74, 6) is 0. The van der Waals surface area contributed by atoms with E-state index in [0.29, 0.717) is 0 Å². The van der Waals surface area contributed by atoms with Crippen LogP contribution in [-0.2, 0) is 34.2 Å². The molecule has 0 unspecified atom stereocenters. The molecule has 0 aliphatic carbocycles. The molecule has 0 rings (SSSR count). The molecule has 0 aromatic rings. The van der Waals surface area contributed by atoms with E-state index >= 15 is 0 Å². The van der Waals surface area contributed by atoms with Gasteiger partial charge in [-0.25, -0.2) is 0 Å². The van der Waals surface area contributed by atoms with Crippen molar-refractivity contribution in [3.63, 3.8) is 0 Å². The SMILES string of the molecule is CC(C)O[Si](C)(C)O[Si](O[Si](C)(C)OC(C)C)(O[Si](C)(C)OC(C)C)O[Si](C)(C)OC(C)C. The minimum Gasteiger partial charge on any atom is -0.392 e. The summed E-state index contributed by atoms with van der Waals surface area (Å²) < 4.78 is 51.8. The average Bonchev–Trinajstić information content (AvgIpc) is 2.36. The zero-order chi connectivity index (χ0) is 26.5. The number of hydrogen-bond donors (Lipinski definition) is 0. The fourth-order valence-corrected chi connectivity index (χ4v) is 21.9. The largest absolute Gasteiger partial charge is 0.643 e. The third kappa shape index (κ3) is 15.5. The van der Waals surface area contributed by atoms with E-state index in [1.165, 1.54) is 0 Å². The topological polar surface area (TPSA) is 73.8 Å². The Labute approximate surface area is 209 Å². The van der Waals surface area contributed by atoms with Crippen LogP contribution in [-0.4, -0.2) is 67.7 Å². The van der Waals surface area contributed by atoms with E-state index in [0.717, 1.165) is 0 Å². The lowest BCUT2D eigenvalue weighted by Gasteiger charge is -2.45. The zero-order valence-electron chi connectivity index (χ0n) is 24.1. The first-order valence-corrected chi connectivity index (χ1v) is 24.9. The Morgan fingerprint density at radius 1 is 0.333 bits per heavy atom. The molecule has 0 aromatic carbocycles. The minimum absolute atomic E-state index is 0.00938. The van der Waals surface area contributed by atoms with Gasteiger partial charge in [0.15, 0.2) is 0 Å². The molecule has 200 valence electrons. The van der Waals surface area contributed by atoms with E-state index in [1.807, 2.05) is 108 Å². The van der Waals surface area contributed by atoms with Crippen molar-refractivity contribution in [1.29, 1.82) is 0 Å². The van der Waals surface area contributed by atoms with Crippen LogP contribution in [0.2, 0.25) is 52.4 Å². The van der Waals surface area contributed by atoms with Crippen molar-refractivity contribution in [3.05, 3.63) is 0 Å². The Balaban J connectivity index is 6.58. The Hall–Kier alpha value is 0.764. The molecular weight excluding hydrogens is 509 g/mol. The fourth-order valence-electron chi connectivity index (χ4n) is 3.70. The summed E-state index contributed by atoms with van der Waals surface area (Å²) in [4.78, 5) is 0. The van der Waals surface area contributed by atoms with Crippen molar-refractivity contribution in [2.75, 3.05) is 0 Å². The van der Waals surface area contributed by atoms with E-state index in [-0.39, 0.29) is 24.4 Å². The lowest BCUT2D eigenvalue weighted by atomic mass is 10.5. The lowest BCUT2D eigenvalue weighted by Crippen LogP contribution is -2.69. The summed E-state index contributed by atoms with van der Waals surface area (Å²) in [5.41, 5.74) is 0. The second kappa shape index (κ2) is 12.8. The van der Waals surface area contributed by atoms with Crippen LogP contribution >= 0.6 is 0 Å². The Morgan fingerprint density at radius 2 is 0.485 bits per heavy atom. The smallest absolute Gasteiger partial charge is 0.392 e. The van der Waals surface area contributed by atoms with Crippen molar-refractivity contribution in [2.45, 2.75) is 132 Å². The molecule has 0 N–H and O–H groups in total. The molecule has 33 heavy (non-hydrogen) atoms. The number of rotatable bonds is 16. The van der Waals surface area contributed by atoms with Gasteiger partial charge in [-0.2, -0.15) is 0 Å². The molecule has 0 bridgehead atoms. The molecule has 0 aromatic heterocycles. The first kappa shape index (κ1) is 33.8. The normalized spacial score (nSPS) is 14.9. The molecule has 8 nitrogen and oxygen atoms in total. The highest BCUT2D eigenvalue weighted by Gasteiger charge is 2.61. The van der Waals surface area contributed by atoms with Gasteiger partial charge in [0.1, 0.15) is 0 Å². The molecule has 0 fully saturated rings. The molecule has 0 spiro atoms. The van der Waals surface area contributed by atoms with Crippen LogP contribution in [0.4, 0.5) is 0 Å². The van der Waals surface area contributed by atoms with Crippen LogP contribution in [0.5, 0.6) is 0 Å². The molecule has 0 radical (unpaired) electrons. The first-order valence-electron chi connectivity index (χ1n) is 12.0. The van der Waals surface area contributed by atoms with Crippen LogP contribution in [0, 0.1) is 0 Å². The predicted octanol–water partition coefficient (Wildman–Crippen LogP) is 6.00. The average molecular weight is 561 g/mol. The van der Waals surface area contributed by atoms with Crippen LogP contribution < -0.4 is 0 Å². The maximum absolute atomic E-state index is 6.74. The molecule has 0 saturated heterocycles. The van der Waals surface area contributed by atoms with Crippen LogP contribution in [0.15, 0.2) is 0 Å². The second-order valence-corrected chi connectivity index (χ2v) is 27.6. The second-order valence-electron chi connectivity index (χ2n) is 11.2. The van der Waals surface area contributed by atoms with E-state index in [4.69, 9.17) is 34.2 Å². The van der Waals surface area contributed by atoms with Crippen LogP contribution in [0.3, 0.4) is 0 Å². The van der Waals surface area contributed by atoms with Crippen molar-refractivity contribution in [2.24, 2.45) is 0 Å². The van der Waals surface area contributed by atoms with Gasteiger partial charge in [-0.1, -0.05) is 0 Å². The van der Waals surface area contributed by atoms with Gasteiger partial charge in [0.05, 0.1) is 0 Å². The van der Waals surface area contributed by atoms with Gasteiger partial charge in [0, 0.05) is 24.4 Å². The molecular formula is C20H52O8Si5. The monoisotopic (exact) mass is 560 g/mol. The maximum atomic E-state index is 6.74. The molecule has 0 amide bonds. The Kier molecular flexibility index (Phi) is 13.1. The zero-order valence-corrected chi connectivity index (χ0v) is 29.1. The van der Waals surface area contributed by atoms with E-state index in [2.05, 4.69) is 0 Å².